The molecule has 0 aromatic rings. The normalized spacial score (nSPS) is 35.0. The Labute approximate surface area is 65.9 Å². The molecular weight excluding hydrogens is 140 g/mol. The van der Waals surface area contributed by atoms with Gasteiger partial charge in [-0.05, 0) is 6.20 Å². The molecule has 0 fully saturated rings. The summed E-state index contributed by atoms with van der Waals surface area (Å²) in [6.07, 6.45) is 5.27. The van der Waals surface area contributed by atoms with Gasteiger partial charge >= 0.3 is 0 Å². The van der Waals surface area contributed by atoms with Crippen LogP contribution in [0.4, 0.5) is 0 Å². The molecule has 0 amide bonds. The van der Waals surface area contributed by atoms with Gasteiger partial charge < -0.3 is 11.1 Å². The lowest BCUT2D eigenvalue weighted by Gasteiger charge is -2.01. The summed E-state index contributed by atoms with van der Waals surface area (Å²) in [5, 5.41) is 2.97. The van der Waals surface area contributed by atoms with Gasteiger partial charge in [0.15, 0.2) is 0 Å². The van der Waals surface area contributed by atoms with Crippen molar-refractivity contribution < 1.29 is 0 Å². The molecule has 1 unspecified atom stereocenters. The van der Waals surface area contributed by atoms with E-state index < -0.39 is 0 Å². The molecule has 0 saturated heterocycles. The molecule has 0 radical (unpaired) electrons. The molecule has 0 aliphatic carbocycles. The van der Waals surface area contributed by atoms with Gasteiger partial charge in [0.2, 0.25) is 0 Å². The lowest BCUT2D eigenvalue weighted by atomic mass is 10.1. The van der Waals surface area contributed by atoms with Gasteiger partial charge in [-0.1, -0.05) is 13.0 Å². The molecule has 3 N–H and O–H groups in total. The van der Waals surface area contributed by atoms with Crippen molar-refractivity contribution in [2.24, 2.45) is 21.6 Å². The van der Waals surface area contributed by atoms with Crippen molar-refractivity contribution in [3.05, 3.63) is 12.3 Å². The molecule has 11 heavy (non-hydrogen) atoms. The van der Waals surface area contributed by atoms with E-state index >= 15 is 0 Å². The molecule has 0 aromatic carbocycles. The molecule has 0 bridgehead atoms. The fourth-order valence-corrected chi connectivity index (χ4v) is 0.682. The van der Waals surface area contributed by atoms with Crippen molar-refractivity contribution >= 4 is 12.2 Å². The smallest absolute Gasteiger partial charge is 0.114 e. The van der Waals surface area contributed by atoms with E-state index in [4.69, 9.17) is 5.73 Å². The summed E-state index contributed by atoms with van der Waals surface area (Å²) < 4.78 is 0. The molecule has 0 saturated carbocycles. The number of nitrogens with zero attached hydrogens (tertiary/aromatic N) is 2. The van der Waals surface area contributed by atoms with Gasteiger partial charge in [-0.25, -0.2) is 4.99 Å². The maximum Gasteiger partial charge on any atom is 0.114 e. The summed E-state index contributed by atoms with van der Waals surface area (Å²) >= 11 is 0. The highest BCUT2D eigenvalue weighted by Gasteiger charge is 2.00. The first kappa shape index (κ1) is 7.78. The Morgan fingerprint density at radius 1 is 1.73 bits per heavy atom. The molecule has 0 aromatic heterocycles. The highest BCUT2D eigenvalue weighted by molar-refractivity contribution is 5.90. The van der Waals surface area contributed by atoms with Crippen LogP contribution in [0.25, 0.3) is 0 Å². The maximum atomic E-state index is 5.60. The average molecular weight is 152 g/mol. The summed E-state index contributed by atoms with van der Waals surface area (Å²) in [5.41, 5.74) is 5.60. The van der Waals surface area contributed by atoms with Gasteiger partial charge in [-0.15, -0.1) is 0 Å². The molecule has 4 nitrogen and oxygen atoms in total. The second kappa shape index (κ2) is 3.75. The second-order valence-corrected chi connectivity index (χ2v) is 2.36. The zero-order valence-corrected chi connectivity index (χ0v) is 6.49. The van der Waals surface area contributed by atoms with E-state index in [0.717, 1.165) is 0 Å². The number of rotatable bonds is 0. The SMILES string of the molecule is CC1/C=C\NC/N=C\N=C/1N. The second-order valence-electron chi connectivity index (χ2n) is 2.36. The van der Waals surface area contributed by atoms with E-state index in [0.29, 0.717) is 12.5 Å². The molecule has 1 heterocycles. The van der Waals surface area contributed by atoms with Crippen LogP contribution in [0.5, 0.6) is 0 Å². The lowest BCUT2D eigenvalue weighted by Crippen LogP contribution is -2.19. The number of nitrogens with one attached hydrogen (secondary N) is 1. The first-order valence-electron chi connectivity index (χ1n) is 3.52. The Morgan fingerprint density at radius 3 is 3.36 bits per heavy atom. The summed E-state index contributed by atoms with van der Waals surface area (Å²) in [4.78, 5) is 7.86. The van der Waals surface area contributed by atoms with Crippen LogP contribution < -0.4 is 11.1 Å². The van der Waals surface area contributed by atoms with Crippen LogP contribution in [0.1, 0.15) is 6.92 Å². The van der Waals surface area contributed by atoms with Crippen LogP contribution in [0.15, 0.2) is 22.3 Å². The van der Waals surface area contributed by atoms with Crippen molar-refractivity contribution in [1.82, 2.24) is 5.32 Å². The van der Waals surface area contributed by atoms with Crippen LogP contribution in [0.2, 0.25) is 0 Å². The maximum absolute atomic E-state index is 5.60. The Hall–Kier alpha value is -1.32. The van der Waals surface area contributed by atoms with Crippen LogP contribution in [0, 0.1) is 5.92 Å². The van der Waals surface area contributed by atoms with Gasteiger partial charge in [-0.2, -0.15) is 0 Å². The fourth-order valence-electron chi connectivity index (χ4n) is 0.682. The standard InChI is InChI=1S/C7H12N4/c1-6-2-3-9-4-10-5-11-7(6)8/h2-3,5-6,9H,4H2,1H3,(H2,8,10,11)/b3-2-. The van der Waals surface area contributed by atoms with Crippen LogP contribution >= 0.6 is 0 Å². The van der Waals surface area contributed by atoms with Gasteiger partial charge in [0.1, 0.15) is 18.8 Å². The van der Waals surface area contributed by atoms with Gasteiger partial charge in [0.05, 0.1) is 0 Å². The zero-order valence-electron chi connectivity index (χ0n) is 6.49. The highest BCUT2D eigenvalue weighted by Crippen LogP contribution is 1.96. The summed E-state index contributed by atoms with van der Waals surface area (Å²) in [6, 6.07) is 0. The van der Waals surface area contributed by atoms with E-state index in [9.17, 15) is 0 Å². The van der Waals surface area contributed by atoms with E-state index in [2.05, 4.69) is 15.3 Å². The topological polar surface area (TPSA) is 62.8 Å². The third-order valence-corrected chi connectivity index (χ3v) is 1.44. The van der Waals surface area contributed by atoms with Crippen LogP contribution in [-0.2, 0) is 0 Å². The van der Waals surface area contributed by atoms with Crippen LogP contribution in [-0.4, -0.2) is 18.8 Å². The monoisotopic (exact) mass is 152 g/mol. The predicted molar refractivity (Wildman–Crippen MR) is 46.4 cm³/mol. The number of hydrogen-bond donors (Lipinski definition) is 2. The fraction of sp³-hybridized carbons (Fsp3) is 0.429. The predicted octanol–water partition coefficient (Wildman–Crippen LogP) is 0.0824. The molecule has 1 aliphatic rings. The molecule has 4 heteroatoms. The minimum absolute atomic E-state index is 0.173. The Morgan fingerprint density at radius 2 is 2.55 bits per heavy atom. The number of aliphatic imine (C=N–C) groups is 2. The first-order chi connectivity index (χ1) is 5.30. The molecule has 1 atom stereocenters. The van der Waals surface area contributed by atoms with E-state index in [1.165, 1.54) is 6.34 Å². The van der Waals surface area contributed by atoms with Crippen molar-refractivity contribution in [2.45, 2.75) is 6.92 Å². The number of nitrogens with two attached hydrogens (primary N) is 1. The minimum atomic E-state index is 0.173. The summed E-state index contributed by atoms with van der Waals surface area (Å²) in [7, 11) is 0. The van der Waals surface area contributed by atoms with Crippen molar-refractivity contribution in [3.63, 3.8) is 0 Å². The molecule has 1 rings (SSSR count). The van der Waals surface area contributed by atoms with Gasteiger partial charge in [0.25, 0.3) is 0 Å². The quantitative estimate of drug-likeness (QED) is 0.516. The summed E-state index contributed by atoms with van der Waals surface area (Å²) in [5.74, 6) is 0.765. The van der Waals surface area contributed by atoms with Crippen molar-refractivity contribution in [3.8, 4) is 0 Å². The van der Waals surface area contributed by atoms with E-state index in [1.807, 2.05) is 19.2 Å². The third-order valence-electron chi connectivity index (χ3n) is 1.44. The van der Waals surface area contributed by atoms with Crippen LogP contribution in [0.3, 0.4) is 0 Å². The summed E-state index contributed by atoms with van der Waals surface area (Å²) in [6.45, 7) is 2.54. The van der Waals surface area contributed by atoms with E-state index in [-0.39, 0.29) is 5.92 Å². The van der Waals surface area contributed by atoms with Crippen molar-refractivity contribution in [2.75, 3.05) is 6.67 Å². The number of amidine groups is 1. The van der Waals surface area contributed by atoms with Gasteiger partial charge in [0, 0.05) is 5.92 Å². The molecular formula is C7H12N4. The Bertz CT molecular complexity index is 204. The lowest BCUT2D eigenvalue weighted by molar-refractivity contribution is 0.873. The Kier molecular flexibility index (Phi) is 2.66. The average Bonchev–Trinajstić information content (AvgIpc) is 2.07. The largest absolute Gasteiger partial charge is 0.387 e. The molecule has 0 spiro atoms. The molecule has 60 valence electrons. The zero-order chi connectivity index (χ0) is 8.10. The molecule has 1 aliphatic heterocycles. The van der Waals surface area contributed by atoms with Gasteiger partial charge in [-0.3, -0.25) is 4.99 Å². The Balaban J connectivity index is 2.72. The first-order valence-corrected chi connectivity index (χ1v) is 3.52. The minimum Gasteiger partial charge on any atom is -0.387 e. The number of hydrogen-bond acceptors (Lipinski definition) is 4. The van der Waals surface area contributed by atoms with E-state index in [1.54, 1.807) is 0 Å². The third kappa shape index (κ3) is 2.41. The van der Waals surface area contributed by atoms with Crippen molar-refractivity contribution in [1.29, 1.82) is 0 Å². The highest BCUT2D eigenvalue weighted by atomic mass is 15.0.